The first-order chi connectivity index (χ1) is 10.3. The van der Waals surface area contributed by atoms with E-state index in [-0.39, 0.29) is 0 Å². The molecule has 0 N–H and O–H groups in total. The Morgan fingerprint density at radius 2 is 1.33 bits per heavy atom. The van der Waals surface area contributed by atoms with E-state index in [1.807, 2.05) is 0 Å². The zero-order valence-corrected chi connectivity index (χ0v) is 14.4. The van der Waals surface area contributed by atoms with Crippen LogP contribution < -0.4 is 0 Å². The molecule has 24 heavy (non-hydrogen) atoms. The van der Waals surface area contributed by atoms with Crippen LogP contribution in [0, 0.1) is 0 Å². The number of quaternary nitrogens is 1. The van der Waals surface area contributed by atoms with Crippen molar-refractivity contribution >= 4 is 20.0 Å². The first-order valence-electron chi connectivity index (χ1n) is 6.15. The molecular weight excluding hydrogens is 394 g/mol. The van der Waals surface area contributed by atoms with Gasteiger partial charge in [-0.2, -0.15) is 26.3 Å². The summed E-state index contributed by atoms with van der Waals surface area (Å²) < 4.78 is 115. The fraction of sp³-hybridized carbons (Fsp3) is 1.00. The van der Waals surface area contributed by atoms with Crippen LogP contribution in [0.4, 0.5) is 26.3 Å². The second-order valence-corrected chi connectivity index (χ2v) is 8.73. The predicted molar refractivity (Wildman–Crippen MR) is 70.6 cm³/mol. The minimum absolute atomic E-state index is 0.569. The Morgan fingerprint density at radius 3 is 1.54 bits per heavy atom. The molecule has 7 nitrogen and oxygen atoms in total. The van der Waals surface area contributed by atoms with Crippen LogP contribution in [-0.2, 0) is 24.8 Å². The van der Waals surface area contributed by atoms with E-state index in [9.17, 15) is 43.2 Å². The molecule has 0 spiro atoms. The van der Waals surface area contributed by atoms with E-state index < -0.39 is 31.1 Å². The fourth-order valence-electron chi connectivity index (χ4n) is 1.07. The van der Waals surface area contributed by atoms with E-state index in [1.165, 1.54) is 13.1 Å². The van der Waals surface area contributed by atoms with Crippen molar-refractivity contribution in [2.24, 2.45) is 0 Å². The lowest BCUT2D eigenvalue weighted by atomic mass is 10.4. The maximum atomic E-state index is 11.4. The second kappa shape index (κ2) is 7.31. The van der Waals surface area contributed by atoms with E-state index in [0.717, 1.165) is 15.2 Å². The highest BCUT2D eigenvalue weighted by molar-refractivity contribution is 8.13. The van der Waals surface area contributed by atoms with E-state index in [4.69, 9.17) is 4.74 Å². The number of epoxide rings is 1. The number of halogens is 6. The van der Waals surface area contributed by atoms with Crippen LogP contribution in [0.25, 0.3) is 4.13 Å². The maximum Gasteiger partial charge on any atom is 0.480 e. The molecule has 1 unspecified atom stereocenters. The highest BCUT2D eigenvalue weighted by Crippen LogP contribution is 2.36. The maximum absolute atomic E-state index is 11.4. The van der Waals surface area contributed by atoms with Gasteiger partial charge in [0.25, 0.3) is 0 Å². The molecule has 0 amide bonds. The van der Waals surface area contributed by atoms with Crippen molar-refractivity contribution in [1.29, 1.82) is 0 Å². The van der Waals surface area contributed by atoms with Crippen LogP contribution >= 0.6 is 0 Å². The third kappa shape index (κ3) is 7.50. The minimum atomic E-state index is -6.72. The Balaban J connectivity index is 0.000000496. The van der Waals surface area contributed by atoms with Gasteiger partial charge in [0.2, 0.25) is 0 Å². The quantitative estimate of drug-likeness (QED) is 0.389. The van der Waals surface area contributed by atoms with Crippen LogP contribution in [0.3, 0.4) is 0 Å². The standard InChI is InChI=1S/C7H16NO.C2F6NO4S2/c1-4-8(2,3)5-7-6-9-7;3-1(4,5)14(10,11)9-15(12,13)2(6,7)8/h7H,4-6H2,1-3H3;/q+1;-1. The predicted octanol–water partition coefficient (Wildman–Crippen LogP) is 1.54. The van der Waals surface area contributed by atoms with E-state index in [2.05, 4.69) is 21.0 Å². The number of rotatable bonds is 5. The molecule has 1 aliphatic rings. The summed E-state index contributed by atoms with van der Waals surface area (Å²) in [7, 11) is -8.97. The zero-order valence-electron chi connectivity index (χ0n) is 12.7. The summed E-state index contributed by atoms with van der Waals surface area (Å²) in [5, 5.41) is 0. The smallest absolute Gasteiger partial charge is 0.421 e. The molecule has 1 atom stereocenters. The van der Waals surface area contributed by atoms with Gasteiger partial charge in [-0.05, 0) is 6.92 Å². The third-order valence-corrected chi connectivity index (χ3v) is 5.48. The number of alkyl halides is 6. The topological polar surface area (TPSA) is 94.9 Å². The molecule has 0 aromatic heterocycles. The molecule has 1 heterocycles. The Morgan fingerprint density at radius 1 is 1.00 bits per heavy atom. The van der Waals surface area contributed by atoms with Gasteiger partial charge in [0.15, 0.2) is 20.0 Å². The lowest BCUT2D eigenvalue weighted by Gasteiger charge is -2.26. The summed E-state index contributed by atoms with van der Waals surface area (Å²) in [6.45, 7) is 5.57. The number of nitrogens with zero attached hydrogens (tertiary/aromatic N) is 2. The van der Waals surface area contributed by atoms with Gasteiger partial charge < -0.3 is 13.3 Å². The van der Waals surface area contributed by atoms with Gasteiger partial charge in [-0.1, -0.05) is 0 Å². The second-order valence-electron chi connectivity index (χ2n) is 5.31. The summed E-state index contributed by atoms with van der Waals surface area (Å²) in [5.74, 6) is 0. The molecule has 1 aliphatic heterocycles. The van der Waals surface area contributed by atoms with Crippen molar-refractivity contribution in [2.45, 2.75) is 24.0 Å². The molecule has 146 valence electrons. The van der Waals surface area contributed by atoms with Crippen molar-refractivity contribution in [2.75, 3.05) is 33.8 Å². The molecule has 1 rings (SSSR count). The lowest BCUT2D eigenvalue weighted by Crippen LogP contribution is -2.42. The number of hydrogen-bond donors (Lipinski definition) is 0. The summed E-state index contributed by atoms with van der Waals surface area (Å²) in [4.78, 5) is 0. The Hall–Kier alpha value is -0.640. The summed E-state index contributed by atoms with van der Waals surface area (Å²) in [6.07, 6.45) is 0.569. The zero-order chi connectivity index (χ0) is 19.6. The molecule has 0 saturated carbocycles. The molecule has 1 fully saturated rings. The Kier molecular flexibility index (Phi) is 7.11. The van der Waals surface area contributed by atoms with E-state index in [0.29, 0.717) is 6.10 Å². The summed E-state index contributed by atoms with van der Waals surface area (Å²) >= 11 is 0. The van der Waals surface area contributed by atoms with Crippen LogP contribution in [0.5, 0.6) is 0 Å². The van der Waals surface area contributed by atoms with Crippen molar-refractivity contribution in [1.82, 2.24) is 0 Å². The van der Waals surface area contributed by atoms with Crippen LogP contribution in [-0.4, -0.2) is 72.2 Å². The molecular formula is C9H16F6N2O5S2. The summed E-state index contributed by atoms with van der Waals surface area (Å²) in [5.41, 5.74) is -12.4. The average Bonchev–Trinajstić information content (AvgIpc) is 3.08. The average molecular weight is 410 g/mol. The van der Waals surface area contributed by atoms with Gasteiger partial charge in [0.1, 0.15) is 12.6 Å². The van der Waals surface area contributed by atoms with Gasteiger partial charge in [0, 0.05) is 0 Å². The molecule has 0 aromatic carbocycles. The number of sulfonamides is 2. The first kappa shape index (κ1) is 23.4. The number of hydrogen-bond acceptors (Lipinski definition) is 5. The normalized spacial score (nSPS) is 19.5. The number of ether oxygens (including phenoxy) is 1. The van der Waals surface area contributed by atoms with Crippen LogP contribution in [0.1, 0.15) is 6.92 Å². The summed E-state index contributed by atoms with van der Waals surface area (Å²) in [6, 6.07) is 0. The molecule has 1 saturated heterocycles. The van der Waals surface area contributed by atoms with Crippen molar-refractivity contribution in [3.8, 4) is 0 Å². The van der Waals surface area contributed by atoms with Gasteiger partial charge in [-0.15, -0.1) is 0 Å². The Labute approximate surface area is 135 Å². The molecule has 0 aliphatic carbocycles. The lowest BCUT2D eigenvalue weighted by molar-refractivity contribution is -0.888. The third-order valence-electron chi connectivity index (χ3n) is 2.74. The van der Waals surface area contributed by atoms with E-state index in [1.54, 1.807) is 0 Å². The van der Waals surface area contributed by atoms with Crippen molar-refractivity contribution < 1.29 is 52.4 Å². The Bertz CT molecular complexity index is 580. The highest BCUT2D eigenvalue weighted by Gasteiger charge is 2.46. The SMILES string of the molecule is CC[N+](C)(C)CC1CO1.O=S(=O)([N-]S(=O)(=O)C(F)(F)F)C(F)(F)F. The van der Waals surface area contributed by atoms with Gasteiger partial charge in [-0.3, -0.25) is 0 Å². The van der Waals surface area contributed by atoms with Crippen LogP contribution in [0.15, 0.2) is 0 Å². The monoisotopic (exact) mass is 410 g/mol. The van der Waals surface area contributed by atoms with Crippen molar-refractivity contribution in [3.05, 3.63) is 4.13 Å². The van der Waals surface area contributed by atoms with Gasteiger partial charge >= 0.3 is 11.0 Å². The van der Waals surface area contributed by atoms with Crippen LogP contribution in [0.2, 0.25) is 0 Å². The van der Waals surface area contributed by atoms with Gasteiger partial charge in [0.05, 0.1) is 27.2 Å². The minimum Gasteiger partial charge on any atom is -0.421 e. The molecule has 0 aromatic rings. The number of likely N-dealkylation sites (N-methyl/N-ethyl adjacent to an activating group) is 1. The molecule has 15 heteroatoms. The molecule has 0 bridgehead atoms. The first-order valence-corrected chi connectivity index (χ1v) is 9.03. The molecule has 0 radical (unpaired) electrons. The largest absolute Gasteiger partial charge is 0.480 e. The van der Waals surface area contributed by atoms with E-state index >= 15 is 0 Å². The van der Waals surface area contributed by atoms with Crippen molar-refractivity contribution in [3.63, 3.8) is 0 Å². The highest BCUT2D eigenvalue weighted by atomic mass is 32.3. The fourth-order valence-corrected chi connectivity index (χ4v) is 2.78. The van der Waals surface area contributed by atoms with Gasteiger partial charge in [-0.25, -0.2) is 16.8 Å².